The fraction of sp³-hybridized carbons (Fsp3) is 1.00. The van der Waals surface area contributed by atoms with Gasteiger partial charge in [0, 0.05) is 18.5 Å². The highest BCUT2D eigenvalue weighted by molar-refractivity contribution is 7.89. The second kappa shape index (κ2) is 7.68. The first kappa shape index (κ1) is 16.2. The average molecular weight is 298 g/mol. The lowest BCUT2D eigenvalue weighted by Crippen LogP contribution is -2.38. The maximum Gasteiger partial charge on any atom is 0.216 e. The highest BCUT2D eigenvalue weighted by atomic mass is 35.5. The molecule has 0 N–H and O–H groups in total. The maximum absolute atomic E-state index is 12.2. The standard InChI is InChI=1S/C12H24ClNO3S/c1-11(2)17-9-10-18(15,16)14-8-4-6-12(14)5-3-7-13/h11-12H,3-10H2,1-2H3. The van der Waals surface area contributed by atoms with E-state index in [2.05, 4.69) is 0 Å². The van der Waals surface area contributed by atoms with Gasteiger partial charge >= 0.3 is 0 Å². The first-order chi connectivity index (χ1) is 8.47. The van der Waals surface area contributed by atoms with Crippen LogP contribution >= 0.6 is 11.6 Å². The van der Waals surface area contributed by atoms with Gasteiger partial charge in [-0.1, -0.05) is 0 Å². The molecule has 18 heavy (non-hydrogen) atoms. The molecule has 0 radical (unpaired) electrons. The van der Waals surface area contributed by atoms with Gasteiger partial charge in [-0.15, -0.1) is 11.6 Å². The van der Waals surface area contributed by atoms with Crippen LogP contribution in [0.1, 0.15) is 39.5 Å². The Hall–Kier alpha value is 0.160. The maximum atomic E-state index is 12.2. The number of hydrogen-bond donors (Lipinski definition) is 0. The van der Waals surface area contributed by atoms with E-state index >= 15 is 0 Å². The molecule has 0 saturated carbocycles. The molecule has 0 aliphatic carbocycles. The van der Waals surface area contributed by atoms with Gasteiger partial charge in [0.05, 0.1) is 18.5 Å². The van der Waals surface area contributed by atoms with Crippen LogP contribution in [0.2, 0.25) is 0 Å². The van der Waals surface area contributed by atoms with Crippen molar-refractivity contribution in [2.24, 2.45) is 0 Å². The summed E-state index contributed by atoms with van der Waals surface area (Å²) in [5, 5.41) is 0. The van der Waals surface area contributed by atoms with Crippen molar-refractivity contribution in [3.8, 4) is 0 Å². The van der Waals surface area contributed by atoms with Gasteiger partial charge < -0.3 is 4.74 Å². The van der Waals surface area contributed by atoms with Crippen molar-refractivity contribution in [3.63, 3.8) is 0 Å². The van der Waals surface area contributed by atoms with Crippen LogP contribution in [0.25, 0.3) is 0 Å². The molecule has 0 aromatic heterocycles. The topological polar surface area (TPSA) is 46.6 Å². The van der Waals surface area contributed by atoms with Crippen LogP contribution in [0, 0.1) is 0 Å². The SMILES string of the molecule is CC(C)OCCS(=O)(=O)N1CCCC1CCCCl. The van der Waals surface area contributed by atoms with Gasteiger partial charge in [-0.05, 0) is 39.5 Å². The molecule has 6 heteroatoms. The summed E-state index contributed by atoms with van der Waals surface area (Å²) in [6.45, 7) is 4.74. The van der Waals surface area contributed by atoms with Crippen LogP contribution in [-0.4, -0.2) is 49.7 Å². The first-order valence-corrected chi connectivity index (χ1v) is 8.79. The van der Waals surface area contributed by atoms with Crippen LogP contribution in [0.4, 0.5) is 0 Å². The van der Waals surface area contributed by atoms with Crippen molar-refractivity contribution in [1.82, 2.24) is 4.31 Å². The summed E-state index contributed by atoms with van der Waals surface area (Å²) in [6.07, 6.45) is 3.73. The fourth-order valence-corrected chi connectivity index (χ4v) is 4.05. The minimum absolute atomic E-state index is 0.0748. The molecule has 1 atom stereocenters. The van der Waals surface area contributed by atoms with Crippen LogP contribution in [0.15, 0.2) is 0 Å². The van der Waals surface area contributed by atoms with Crippen molar-refractivity contribution in [3.05, 3.63) is 0 Å². The molecule has 1 aliphatic heterocycles. The van der Waals surface area contributed by atoms with E-state index < -0.39 is 10.0 Å². The largest absolute Gasteiger partial charge is 0.378 e. The first-order valence-electron chi connectivity index (χ1n) is 6.64. The van der Waals surface area contributed by atoms with Gasteiger partial charge in [-0.3, -0.25) is 0 Å². The minimum atomic E-state index is -3.17. The van der Waals surface area contributed by atoms with E-state index in [4.69, 9.17) is 16.3 Å². The molecular formula is C12H24ClNO3S. The molecule has 0 bridgehead atoms. The lowest BCUT2D eigenvalue weighted by molar-refractivity contribution is 0.0906. The summed E-state index contributed by atoms with van der Waals surface area (Å²) in [4.78, 5) is 0. The van der Waals surface area contributed by atoms with Crippen molar-refractivity contribution in [2.75, 3.05) is 24.8 Å². The Morgan fingerprint density at radius 1 is 1.44 bits per heavy atom. The summed E-state index contributed by atoms with van der Waals surface area (Å²) in [5.74, 6) is 0.684. The number of hydrogen-bond acceptors (Lipinski definition) is 3. The third-order valence-corrected chi connectivity index (χ3v) is 5.29. The summed E-state index contributed by atoms with van der Waals surface area (Å²) in [5.41, 5.74) is 0. The summed E-state index contributed by atoms with van der Waals surface area (Å²) in [7, 11) is -3.17. The van der Waals surface area contributed by atoms with Crippen LogP contribution in [-0.2, 0) is 14.8 Å². The number of nitrogens with zero attached hydrogens (tertiary/aromatic N) is 1. The molecule has 1 unspecified atom stereocenters. The van der Waals surface area contributed by atoms with Crippen molar-refractivity contribution >= 4 is 21.6 Å². The number of halogens is 1. The fourth-order valence-electron chi connectivity index (χ4n) is 2.28. The van der Waals surface area contributed by atoms with E-state index in [1.807, 2.05) is 13.8 Å². The van der Waals surface area contributed by atoms with Gasteiger partial charge in [0.15, 0.2) is 0 Å². The molecule has 0 amide bonds. The van der Waals surface area contributed by atoms with Crippen molar-refractivity contribution < 1.29 is 13.2 Å². The summed E-state index contributed by atoms with van der Waals surface area (Å²) < 4.78 is 31.4. The molecule has 4 nitrogen and oxygen atoms in total. The Bertz CT molecular complexity index is 332. The Kier molecular flexibility index (Phi) is 6.92. The van der Waals surface area contributed by atoms with Gasteiger partial charge in [0.1, 0.15) is 0 Å². The van der Waals surface area contributed by atoms with Crippen molar-refractivity contribution in [2.45, 2.75) is 51.7 Å². The molecule has 1 fully saturated rings. The predicted molar refractivity (Wildman–Crippen MR) is 74.6 cm³/mol. The van der Waals surface area contributed by atoms with Gasteiger partial charge in [0.2, 0.25) is 10.0 Å². The molecule has 1 aliphatic rings. The molecule has 108 valence electrons. The van der Waals surface area contributed by atoms with Gasteiger partial charge in [0.25, 0.3) is 0 Å². The summed E-state index contributed by atoms with van der Waals surface area (Å²) in [6, 6.07) is 0.146. The second-order valence-corrected chi connectivity index (χ2v) is 7.39. The normalized spacial score (nSPS) is 21.9. The molecule has 0 aromatic carbocycles. The highest BCUT2D eigenvalue weighted by Gasteiger charge is 2.33. The Morgan fingerprint density at radius 2 is 2.17 bits per heavy atom. The molecular weight excluding hydrogens is 274 g/mol. The van der Waals surface area contributed by atoms with Crippen LogP contribution in [0.5, 0.6) is 0 Å². The van der Waals surface area contributed by atoms with Crippen LogP contribution in [0.3, 0.4) is 0 Å². The smallest absolute Gasteiger partial charge is 0.216 e. The van der Waals surface area contributed by atoms with Crippen molar-refractivity contribution in [1.29, 1.82) is 0 Å². The quantitative estimate of drug-likeness (QED) is 0.646. The zero-order chi connectivity index (χ0) is 13.6. The molecule has 1 rings (SSSR count). The van der Waals surface area contributed by atoms with Gasteiger partial charge in [-0.2, -0.15) is 4.31 Å². The minimum Gasteiger partial charge on any atom is -0.378 e. The third kappa shape index (κ3) is 5.03. The Balaban J connectivity index is 2.49. The number of ether oxygens (including phenoxy) is 1. The highest BCUT2D eigenvalue weighted by Crippen LogP contribution is 2.25. The second-order valence-electron chi connectivity index (χ2n) is 4.97. The van der Waals surface area contributed by atoms with E-state index in [1.54, 1.807) is 4.31 Å². The molecule has 1 heterocycles. The van der Waals surface area contributed by atoms with E-state index in [0.717, 1.165) is 25.7 Å². The zero-order valence-corrected chi connectivity index (χ0v) is 12.8. The Labute approximate surface area is 116 Å². The monoisotopic (exact) mass is 297 g/mol. The number of alkyl halides is 1. The lowest BCUT2D eigenvalue weighted by Gasteiger charge is -2.24. The van der Waals surface area contributed by atoms with E-state index in [0.29, 0.717) is 12.4 Å². The molecule has 0 spiro atoms. The van der Waals surface area contributed by atoms with Gasteiger partial charge in [-0.25, -0.2) is 8.42 Å². The summed E-state index contributed by atoms with van der Waals surface area (Å²) >= 11 is 5.67. The molecule has 1 saturated heterocycles. The zero-order valence-electron chi connectivity index (χ0n) is 11.3. The Morgan fingerprint density at radius 3 is 2.78 bits per heavy atom. The van der Waals surface area contributed by atoms with Crippen LogP contribution < -0.4 is 0 Å². The number of rotatable bonds is 8. The van der Waals surface area contributed by atoms with E-state index in [9.17, 15) is 8.42 Å². The van der Waals surface area contributed by atoms with E-state index in [1.165, 1.54) is 0 Å². The predicted octanol–water partition coefficient (Wildman–Crippen LogP) is 2.22. The molecule has 0 aromatic rings. The average Bonchev–Trinajstić information content (AvgIpc) is 2.74. The number of sulfonamides is 1. The third-order valence-electron chi connectivity index (χ3n) is 3.14. The lowest BCUT2D eigenvalue weighted by atomic mass is 10.1. The van der Waals surface area contributed by atoms with E-state index in [-0.39, 0.29) is 24.5 Å².